The first-order valence-electron chi connectivity index (χ1n) is 6.99. The highest BCUT2D eigenvalue weighted by molar-refractivity contribution is 4.81. The van der Waals surface area contributed by atoms with Crippen LogP contribution in [-0.4, -0.2) is 12.6 Å². The topological polar surface area (TPSA) is 12.0 Å². The first-order chi connectivity index (χ1) is 7.25. The summed E-state index contributed by atoms with van der Waals surface area (Å²) >= 11 is 0. The van der Waals surface area contributed by atoms with Crippen LogP contribution in [0.5, 0.6) is 0 Å². The molecular weight excluding hydrogens is 182 g/mol. The molecule has 0 bridgehead atoms. The monoisotopic (exact) mass is 209 g/mol. The van der Waals surface area contributed by atoms with Gasteiger partial charge < -0.3 is 5.32 Å². The molecule has 2 saturated carbocycles. The maximum absolute atomic E-state index is 3.80. The van der Waals surface area contributed by atoms with Crippen LogP contribution >= 0.6 is 0 Å². The van der Waals surface area contributed by atoms with Gasteiger partial charge in [0, 0.05) is 6.04 Å². The summed E-state index contributed by atoms with van der Waals surface area (Å²) in [4.78, 5) is 0. The Morgan fingerprint density at radius 3 is 2.60 bits per heavy atom. The van der Waals surface area contributed by atoms with Gasteiger partial charge in [0.1, 0.15) is 0 Å². The van der Waals surface area contributed by atoms with Gasteiger partial charge in [0.25, 0.3) is 0 Å². The predicted molar refractivity (Wildman–Crippen MR) is 65.9 cm³/mol. The fraction of sp³-hybridized carbons (Fsp3) is 1.00. The molecule has 0 aromatic rings. The van der Waals surface area contributed by atoms with Crippen molar-refractivity contribution in [2.45, 2.75) is 64.8 Å². The van der Waals surface area contributed by atoms with Gasteiger partial charge in [-0.25, -0.2) is 0 Å². The van der Waals surface area contributed by atoms with E-state index < -0.39 is 0 Å². The Morgan fingerprint density at radius 2 is 1.87 bits per heavy atom. The van der Waals surface area contributed by atoms with Crippen molar-refractivity contribution >= 4 is 0 Å². The Labute approximate surface area is 95.0 Å². The van der Waals surface area contributed by atoms with Crippen LogP contribution in [0.1, 0.15) is 58.8 Å². The lowest BCUT2D eigenvalue weighted by Gasteiger charge is -2.19. The molecule has 0 aromatic heterocycles. The summed E-state index contributed by atoms with van der Waals surface area (Å²) in [6.45, 7) is 6.10. The average Bonchev–Trinajstić information content (AvgIpc) is 3.02. The second-order valence-electron chi connectivity index (χ2n) is 6.03. The second-order valence-corrected chi connectivity index (χ2v) is 6.03. The summed E-state index contributed by atoms with van der Waals surface area (Å²) in [5.41, 5.74) is 0. The van der Waals surface area contributed by atoms with Crippen LogP contribution in [0, 0.1) is 17.8 Å². The molecule has 3 atom stereocenters. The molecule has 3 unspecified atom stereocenters. The molecule has 2 rings (SSSR count). The van der Waals surface area contributed by atoms with Crippen molar-refractivity contribution in [3.63, 3.8) is 0 Å². The van der Waals surface area contributed by atoms with Crippen molar-refractivity contribution in [2.75, 3.05) is 6.54 Å². The van der Waals surface area contributed by atoms with Gasteiger partial charge in [-0.2, -0.15) is 0 Å². The quantitative estimate of drug-likeness (QED) is 0.698. The molecule has 0 heterocycles. The van der Waals surface area contributed by atoms with Crippen LogP contribution in [0.3, 0.4) is 0 Å². The Hall–Kier alpha value is -0.0400. The van der Waals surface area contributed by atoms with Gasteiger partial charge in [-0.3, -0.25) is 0 Å². The third-order valence-corrected chi connectivity index (χ3v) is 4.41. The highest BCUT2D eigenvalue weighted by atomic mass is 14.9. The summed E-state index contributed by atoms with van der Waals surface area (Å²) in [5.74, 6) is 2.95. The molecule has 0 radical (unpaired) electrons. The molecule has 1 nitrogen and oxygen atoms in total. The molecule has 2 aliphatic rings. The average molecular weight is 209 g/mol. The molecular formula is C14H27N. The zero-order valence-corrected chi connectivity index (χ0v) is 10.5. The molecule has 15 heavy (non-hydrogen) atoms. The van der Waals surface area contributed by atoms with E-state index in [-0.39, 0.29) is 0 Å². The first kappa shape index (κ1) is 11.4. The van der Waals surface area contributed by atoms with Gasteiger partial charge in [0.05, 0.1) is 0 Å². The Balaban J connectivity index is 1.64. The lowest BCUT2D eigenvalue weighted by molar-refractivity contribution is 0.387. The Bertz CT molecular complexity index is 186. The largest absolute Gasteiger partial charge is 0.314 e. The summed E-state index contributed by atoms with van der Waals surface area (Å²) < 4.78 is 0. The molecule has 0 aliphatic heterocycles. The Morgan fingerprint density at radius 1 is 1.07 bits per heavy atom. The maximum Gasteiger partial charge on any atom is 0.00672 e. The minimum atomic E-state index is 0.830. The number of hydrogen-bond donors (Lipinski definition) is 1. The van der Waals surface area contributed by atoms with E-state index >= 15 is 0 Å². The number of nitrogens with one attached hydrogen (secondary N) is 1. The van der Waals surface area contributed by atoms with Gasteiger partial charge in [0.15, 0.2) is 0 Å². The third-order valence-electron chi connectivity index (χ3n) is 4.41. The lowest BCUT2D eigenvalue weighted by Crippen LogP contribution is -2.32. The highest BCUT2D eigenvalue weighted by Crippen LogP contribution is 2.36. The van der Waals surface area contributed by atoms with Gasteiger partial charge in [-0.15, -0.1) is 0 Å². The van der Waals surface area contributed by atoms with E-state index in [1.54, 1.807) is 0 Å². The molecule has 88 valence electrons. The van der Waals surface area contributed by atoms with Gasteiger partial charge >= 0.3 is 0 Å². The van der Waals surface area contributed by atoms with Crippen LogP contribution in [-0.2, 0) is 0 Å². The van der Waals surface area contributed by atoms with E-state index in [9.17, 15) is 0 Å². The summed E-state index contributed by atoms with van der Waals surface area (Å²) in [7, 11) is 0. The smallest absolute Gasteiger partial charge is 0.00672 e. The standard InChI is InChI=1S/C14H27N/c1-11-4-3-5-14(9-6-11)15-10-12(2)13-7-8-13/h11-15H,3-10H2,1-2H3. The number of rotatable bonds is 4. The first-order valence-corrected chi connectivity index (χ1v) is 6.99. The van der Waals surface area contributed by atoms with Crippen LogP contribution in [0.25, 0.3) is 0 Å². The molecule has 0 saturated heterocycles. The third kappa shape index (κ3) is 3.79. The molecule has 2 aliphatic carbocycles. The van der Waals surface area contributed by atoms with Crippen LogP contribution in [0.2, 0.25) is 0 Å². The summed E-state index contributed by atoms with van der Waals surface area (Å²) in [5, 5.41) is 3.80. The highest BCUT2D eigenvalue weighted by Gasteiger charge is 2.28. The maximum atomic E-state index is 3.80. The molecule has 0 spiro atoms. The molecule has 2 fully saturated rings. The molecule has 0 amide bonds. The van der Waals surface area contributed by atoms with E-state index in [2.05, 4.69) is 19.2 Å². The predicted octanol–water partition coefficient (Wildman–Crippen LogP) is 3.59. The van der Waals surface area contributed by atoms with Crippen LogP contribution < -0.4 is 5.32 Å². The van der Waals surface area contributed by atoms with E-state index in [1.807, 2.05) is 0 Å². The van der Waals surface area contributed by atoms with E-state index in [0.717, 1.165) is 23.8 Å². The minimum absolute atomic E-state index is 0.830. The van der Waals surface area contributed by atoms with E-state index in [4.69, 9.17) is 0 Å². The molecule has 1 N–H and O–H groups in total. The summed E-state index contributed by atoms with van der Waals surface area (Å²) in [6, 6.07) is 0.830. The van der Waals surface area contributed by atoms with Crippen molar-refractivity contribution < 1.29 is 0 Å². The zero-order valence-electron chi connectivity index (χ0n) is 10.5. The van der Waals surface area contributed by atoms with Gasteiger partial charge in [-0.05, 0) is 56.4 Å². The van der Waals surface area contributed by atoms with Gasteiger partial charge in [0.2, 0.25) is 0 Å². The SMILES string of the molecule is CC1CCCC(NCC(C)C2CC2)CC1. The van der Waals surface area contributed by atoms with Crippen molar-refractivity contribution in [2.24, 2.45) is 17.8 Å². The zero-order chi connectivity index (χ0) is 10.7. The normalized spacial score (nSPS) is 34.8. The second kappa shape index (κ2) is 5.34. The molecule has 1 heteroatoms. The van der Waals surface area contributed by atoms with E-state index in [0.29, 0.717) is 0 Å². The van der Waals surface area contributed by atoms with E-state index in [1.165, 1.54) is 51.5 Å². The lowest BCUT2D eigenvalue weighted by atomic mass is 10.0. The minimum Gasteiger partial charge on any atom is -0.314 e. The molecule has 0 aromatic carbocycles. The summed E-state index contributed by atoms with van der Waals surface area (Å²) in [6.07, 6.45) is 10.2. The Kier molecular flexibility index (Phi) is 4.07. The van der Waals surface area contributed by atoms with Crippen LogP contribution in [0.4, 0.5) is 0 Å². The van der Waals surface area contributed by atoms with Crippen molar-refractivity contribution in [1.82, 2.24) is 5.32 Å². The van der Waals surface area contributed by atoms with Crippen molar-refractivity contribution in [3.8, 4) is 0 Å². The van der Waals surface area contributed by atoms with Crippen LogP contribution in [0.15, 0.2) is 0 Å². The van der Waals surface area contributed by atoms with Crippen molar-refractivity contribution in [3.05, 3.63) is 0 Å². The fourth-order valence-corrected chi connectivity index (χ4v) is 2.88. The van der Waals surface area contributed by atoms with Gasteiger partial charge in [-0.1, -0.05) is 26.7 Å². The fourth-order valence-electron chi connectivity index (χ4n) is 2.88. The number of hydrogen-bond acceptors (Lipinski definition) is 1. The van der Waals surface area contributed by atoms with Crippen molar-refractivity contribution in [1.29, 1.82) is 0 Å².